The largest absolute Gasteiger partial charge is 0.342 e. The topological polar surface area (TPSA) is 55.2 Å². The summed E-state index contributed by atoms with van der Waals surface area (Å²) in [5, 5.41) is 1.28. The van der Waals surface area contributed by atoms with E-state index in [1.165, 1.54) is 18.2 Å². The molecule has 1 fully saturated rings. The second-order valence-electron chi connectivity index (χ2n) is 6.10. The predicted molar refractivity (Wildman–Crippen MR) is 97.4 cm³/mol. The molecule has 0 unspecified atom stereocenters. The number of amides is 1. The zero-order valence-electron chi connectivity index (χ0n) is 14.0. The Labute approximate surface area is 146 Å². The van der Waals surface area contributed by atoms with Crippen LogP contribution in [0.3, 0.4) is 0 Å². The molecule has 0 N–H and O–H groups in total. The highest BCUT2D eigenvalue weighted by atomic mass is 32.2. The lowest BCUT2D eigenvalue weighted by Crippen LogP contribution is -2.37. The summed E-state index contributed by atoms with van der Waals surface area (Å²) in [6, 6.07) is 7.40. The fourth-order valence-electron chi connectivity index (χ4n) is 3.04. The maximum Gasteiger partial charge on any atom is 0.262 e. The number of fused-ring (bicyclic) bond motifs is 1. The molecule has 1 aliphatic heterocycles. The highest BCUT2D eigenvalue weighted by molar-refractivity contribution is 7.99. The first kappa shape index (κ1) is 17.0. The Morgan fingerprint density at radius 3 is 2.71 bits per heavy atom. The SMILES string of the molecule is CCCn1c(SCC(=O)N2CCCCC2)nc2ccccc2c1=O. The number of hydrogen-bond acceptors (Lipinski definition) is 4. The molecule has 1 aromatic heterocycles. The monoisotopic (exact) mass is 345 g/mol. The molecule has 2 heterocycles. The first-order chi connectivity index (χ1) is 11.7. The number of thioether (sulfide) groups is 1. The first-order valence-corrected chi connectivity index (χ1v) is 9.59. The minimum absolute atomic E-state index is 0.0182. The Bertz CT molecular complexity index is 781. The Balaban J connectivity index is 1.83. The number of para-hydroxylation sites is 1. The van der Waals surface area contributed by atoms with Crippen LogP contribution in [0.25, 0.3) is 10.9 Å². The molecule has 0 radical (unpaired) electrons. The Kier molecular flexibility index (Phi) is 5.56. The van der Waals surface area contributed by atoms with Gasteiger partial charge in [-0.05, 0) is 37.8 Å². The highest BCUT2D eigenvalue weighted by Crippen LogP contribution is 2.19. The summed E-state index contributed by atoms with van der Waals surface area (Å²) in [5.74, 6) is 0.485. The average molecular weight is 345 g/mol. The van der Waals surface area contributed by atoms with Crippen molar-refractivity contribution in [3.8, 4) is 0 Å². The van der Waals surface area contributed by atoms with E-state index in [2.05, 4.69) is 4.98 Å². The summed E-state index contributed by atoms with van der Waals surface area (Å²) in [5.41, 5.74) is 0.679. The molecular weight excluding hydrogens is 322 g/mol. The molecule has 1 amide bonds. The predicted octanol–water partition coefficient (Wildman–Crippen LogP) is 2.91. The number of nitrogens with zero attached hydrogens (tertiary/aromatic N) is 3. The van der Waals surface area contributed by atoms with Crippen molar-refractivity contribution in [3.63, 3.8) is 0 Å². The molecule has 6 heteroatoms. The van der Waals surface area contributed by atoms with Crippen LogP contribution in [0.2, 0.25) is 0 Å². The molecule has 0 spiro atoms. The van der Waals surface area contributed by atoms with Gasteiger partial charge in [0.15, 0.2) is 5.16 Å². The Morgan fingerprint density at radius 2 is 1.96 bits per heavy atom. The second-order valence-corrected chi connectivity index (χ2v) is 7.04. The van der Waals surface area contributed by atoms with Crippen molar-refractivity contribution < 1.29 is 4.79 Å². The summed E-state index contributed by atoms with van der Waals surface area (Å²) in [4.78, 5) is 31.6. The van der Waals surface area contributed by atoms with Gasteiger partial charge in [0.2, 0.25) is 5.91 Å². The van der Waals surface area contributed by atoms with Crippen LogP contribution in [0.5, 0.6) is 0 Å². The van der Waals surface area contributed by atoms with Crippen molar-refractivity contribution in [2.45, 2.75) is 44.3 Å². The van der Waals surface area contributed by atoms with E-state index < -0.39 is 0 Å². The maximum atomic E-state index is 12.7. The first-order valence-electron chi connectivity index (χ1n) is 8.61. The molecule has 0 saturated carbocycles. The fraction of sp³-hybridized carbons (Fsp3) is 0.500. The number of rotatable bonds is 5. The van der Waals surface area contributed by atoms with E-state index in [9.17, 15) is 9.59 Å². The molecular formula is C18H23N3O2S. The van der Waals surface area contributed by atoms with Crippen molar-refractivity contribution in [2.24, 2.45) is 0 Å². The van der Waals surface area contributed by atoms with Crippen molar-refractivity contribution in [1.82, 2.24) is 14.5 Å². The van der Waals surface area contributed by atoms with Crippen LogP contribution in [0, 0.1) is 0 Å². The van der Waals surface area contributed by atoms with Crippen LogP contribution in [-0.4, -0.2) is 39.2 Å². The Hall–Kier alpha value is -1.82. The lowest BCUT2D eigenvalue weighted by molar-refractivity contribution is -0.129. The van der Waals surface area contributed by atoms with Gasteiger partial charge in [-0.15, -0.1) is 0 Å². The zero-order valence-corrected chi connectivity index (χ0v) is 14.8. The molecule has 5 nitrogen and oxygen atoms in total. The lowest BCUT2D eigenvalue weighted by atomic mass is 10.1. The van der Waals surface area contributed by atoms with Gasteiger partial charge in [-0.25, -0.2) is 4.98 Å². The van der Waals surface area contributed by atoms with E-state index >= 15 is 0 Å². The van der Waals surface area contributed by atoms with Crippen molar-refractivity contribution in [3.05, 3.63) is 34.6 Å². The minimum Gasteiger partial charge on any atom is -0.342 e. The van der Waals surface area contributed by atoms with Gasteiger partial charge >= 0.3 is 0 Å². The standard InChI is InChI=1S/C18H23N3O2S/c1-2-10-21-17(23)14-8-4-5-9-15(14)19-18(21)24-13-16(22)20-11-6-3-7-12-20/h4-5,8-9H,2-3,6-7,10-13H2,1H3. The minimum atomic E-state index is -0.0182. The van der Waals surface area contributed by atoms with Crippen molar-refractivity contribution in [2.75, 3.05) is 18.8 Å². The summed E-state index contributed by atoms with van der Waals surface area (Å²) in [6.45, 7) is 4.37. The molecule has 1 aliphatic rings. The van der Waals surface area contributed by atoms with Gasteiger partial charge in [0.1, 0.15) is 0 Å². The maximum absolute atomic E-state index is 12.7. The summed E-state index contributed by atoms with van der Waals surface area (Å²) in [6.07, 6.45) is 4.24. The van der Waals surface area contributed by atoms with Crippen LogP contribution in [0.15, 0.2) is 34.2 Å². The van der Waals surface area contributed by atoms with Crippen LogP contribution in [0.1, 0.15) is 32.6 Å². The quantitative estimate of drug-likeness (QED) is 0.618. The van der Waals surface area contributed by atoms with Crippen LogP contribution >= 0.6 is 11.8 Å². The van der Waals surface area contributed by atoms with E-state index in [1.807, 2.05) is 36.1 Å². The van der Waals surface area contributed by atoms with Crippen LogP contribution in [0.4, 0.5) is 0 Å². The third kappa shape index (κ3) is 3.64. The third-order valence-electron chi connectivity index (χ3n) is 4.31. The van der Waals surface area contributed by atoms with Crippen LogP contribution in [-0.2, 0) is 11.3 Å². The number of hydrogen-bond donors (Lipinski definition) is 0. The fourth-order valence-corrected chi connectivity index (χ4v) is 3.97. The molecule has 0 bridgehead atoms. The van der Waals surface area contributed by atoms with Crippen LogP contribution < -0.4 is 5.56 Å². The van der Waals surface area contributed by atoms with E-state index in [0.29, 0.717) is 28.4 Å². The van der Waals surface area contributed by atoms with E-state index in [1.54, 1.807) is 4.57 Å². The molecule has 128 valence electrons. The molecule has 24 heavy (non-hydrogen) atoms. The molecule has 0 aliphatic carbocycles. The van der Waals surface area contributed by atoms with Gasteiger partial charge in [0, 0.05) is 19.6 Å². The van der Waals surface area contributed by atoms with E-state index in [4.69, 9.17) is 0 Å². The number of carbonyl (C=O) groups excluding carboxylic acids is 1. The number of benzene rings is 1. The average Bonchev–Trinajstić information content (AvgIpc) is 2.63. The van der Waals surface area contributed by atoms with Gasteiger partial charge in [-0.2, -0.15) is 0 Å². The number of carbonyl (C=O) groups is 1. The van der Waals surface area contributed by atoms with E-state index in [-0.39, 0.29) is 11.5 Å². The molecule has 0 atom stereocenters. The molecule has 1 aromatic carbocycles. The van der Waals surface area contributed by atoms with Gasteiger partial charge in [-0.3, -0.25) is 14.2 Å². The molecule has 2 aromatic rings. The van der Waals surface area contributed by atoms with E-state index in [0.717, 1.165) is 32.4 Å². The Morgan fingerprint density at radius 1 is 1.21 bits per heavy atom. The number of aromatic nitrogens is 2. The van der Waals surface area contributed by atoms with Crippen molar-refractivity contribution in [1.29, 1.82) is 0 Å². The third-order valence-corrected chi connectivity index (χ3v) is 5.27. The normalized spacial score (nSPS) is 15.0. The summed E-state index contributed by atoms with van der Waals surface area (Å²) in [7, 11) is 0. The molecule has 3 rings (SSSR count). The van der Waals surface area contributed by atoms with Gasteiger partial charge in [-0.1, -0.05) is 30.8 Å². The molecule has 1 saturated heterocycles. The number of likely N-dealkylation sites (tertiary alicyclic amines) is 1. The highest BCUT2D eigenvalue weighted by Gasteiger charge is 2.18. The number of piperidine rings is 1. The van der Waals surface area contributed by atoms with Gasteiger partial charge in [0.05, 0.1) is 16.7 Å². The zero-order chi connectivity index (χ0) is 16.9. The smallest absolute Gasteiger partial charge is 0.262 e. The second kappa shape index (κ2) is 7.83. The lowest BCUT2D eigenvalue weighted by Gasteiger charge is -2.26. The summed E-state index contributed by atoms with van der Waals surface area (Å²) >= 11 is 1.38. The van der Waals surface area contributed by atoms with Gasteiger partial charge in [0.25, 0.3) is 5.56 Å². The summed E-state index contributed by atoms with van der Waals surface area (Å²) < 4.78 is 1.70. The van der Waals surface area contributed by atoms with Crippen molar-refractivity contribution >= 4 is 28.6 Å². The van der Waals surface area contributed by atoms with Gasteiger partial charge < -0.3 is 4.90 Å².